The van der Waals surface area contributed by atoms with Crippen molar-refractivity contribution in [3.05, 3.63) is 35.1 Å². The van der Waals surface area contributed by atoms with Gasteiger partial charge in [-0.3, -0.25) is 4.79 Å². The van der Waals surface area contributed by atoms with E-state index in [2.05, 4.69) is 0 Å². The van der Waals surface area contributed by atoms with Gasteiger partial charge in [0.1, 0.15) is 5.82 Å². The molecule has 0 radical (unpaired) electrons. The topological polar surface area (TPSA) is 17.1 Å². The molecule has 1 aromatic rings. The molecule has 0 aliphatic rings. The molecule has 0 saturated carbocycles. The van der Waals surface area contributed by atoms with Gasteiger partial charge in [0.2, 0.25) is 0 Å². The normalized spacial score (nSPS) is 9.92. The Morgan fingerprint density at radius 2 is 2.17 bits per heavy atom. The molecule has 0 bridgehead atoms. The molecule has 1 nitrogen and oxygen atoms in total. The van der Waals surface area contributed by atoms with Gasteiger partial charge in [0.15, 0.2) is 5.78 Å². The maximum Gasteiger partial charge on any atom is 0.162 e. The highest BCUT2D eigenvalue weighted by Crippen LogP contribution is 2.11. The Morgan fingerprint density at radius 3 is 2.75 bits per heavy atom. The van der Waals surface area contributed by atoms with Crippen molar-refractivity contribution in [2.75, 3.05) is 0 Å². The zero-order valence-corrected chi connectivity index (χ0v) is 7.23. The van der Waals surface area contributed by atoms with Crippen LogP contribution in [-0.2, 0) is 0 Å². The van der Waals surface area contributed by atoms with E-state index in [0.29, 0.717) is 12.0 Å². The van der Waals surface area contributed by atoms with Gasteiger partial charge in [-0.2, -0.15) is 0 Å². The highest BCUT2D eigenvalue weighted by Gasteiger charge is 2.06. The number of aryl methyl sites for hydroxylation is 1. The Labute approximate surface area is 71.2 Å². The molecule has 0 unspecified atom stereocenters. The van der Waals surface area contributed by atoms with Crippen LogP contribution in [0.4, 0.5) is 4.39 Å². The second-order valence-electron chi connectivity index (χ2n) is 2.74. The van der Waals surface area contributed by atoms with Crippen LogP contribution in [0.2, 0.25) is 0 Å². The SMILES string of the molecule is CCC(=O)c1cc(F)ccc1C. The van der Waals surface area contributed by atoms with Crippen molar-refractivity contribution in [1.29, 1.82) is 0 Å². The van der Waals surface area contributed by atoms with E-state index in [-0.39, 0.29) is 11.6 Å². The van der Waals surface area contributed by atoms with Crippen molar-refractivity contribution >= 4 is 5.78 Å². The molecule has 1 aromatic carbocycles. The summed E-state index contributed by atoms with van der Waals surface area (Å²) in [6.45, 7) is 3.58. The number of carbonyl (C=O) groups is 1. The van der Waals surface area contributed by atoms with Gasteiger partial charge < -0.3 is 0 Å². The van der Waals surface area contributed by atoms with E-state index in [0.717, 1.165) is 5.56 Å². The highest BCUT2D eigenvalue weighted by atomic mass is 19.1. The van der Waals surface area contributed by atoms with Crippen LogP contribution in [0.15, 0.2) is 18.2 Å². The lowest BCUT2D eigenvalue weighted by Crippen LogP contribution is -2.00. The first kappa shape index (κ1) is 8.91. The van der Waals surface area contributed by atoms with Crippen LogP contribution in [0, 0.1) is 12.7 Å². The van der Waals surface area contributed by atoms with E-state index in [1.807, 2.05) is 6.92 Å². The van der Waals surface area contributed by atoms with Crippen LogP contribution in [0.3, 0.4) is 0 Å². The number of ketones is 1. The van der Waals surface area contributed by atoms with E-state index in [9.17, 15) is 9.18 Å². The van der Waals surface area contributed by atoms with Gasteiger partial charge in [0, 0.05) is 12.0 Å². The average molecular weight is 166 g/mol. The zero-order chi connectivity index (χ0) is 9.14. The van der Waals surface area contributed by atoms with Crippen molar-refractivity contribution in [1.82, 2.24) is 0 Å². The third-order valence-electron chi connectivity index (χ3n) is 1.82. The Hall–Kier alpha value is -1.18. The summed E-state index contributed by atoms with van der Waals surface area (Å²) in [5.41, 5.74) is 1.33. The molecule has 0 spiro atoms. The molecular formula is C10H11FO. The van der Waals surface area contributed by atoms with Crippen LogP contribution < -0.4 is 0 Å². The number of Topliss-reactive ketones (excluding diaryl/α,β-unsaturated/α-hetero) is 1. The molecule has 0 saturated heterocycles. The summed E-state index contributed by atoms with van der Waals surface area (Å²) >= 11 is 0. The molecule has 64 valence electrons. The van der Waals surface area contributed by atoms with E-state index in [1.165, 1.54) is 12.1 Å². The average Bonchev–Trinajstić information content (AvgIpc) is 2.08. The van der Waals surface area contributed by atoms with E-state index >= 15 is 0 Å². The monoisotopic (exact) mass is 166 g/mol. The van der Waals surface area contributed by atoms with Crippen molar-refractivity contribution in [2.24, 2.45) is 0 Å². The Morgan fingerprint density at radius 1 is 1.50 bits per heavy atom. The lowest BCUT2D eigenvalue weighted by Gasteiger charge is -2.01. The van der Waals surface area contributed by atoms with Crippen LogP contribution in [0.5, 0.6) is 0 Å². The minimum atomic E-state index is -0.350. The third kappa shape index (κ3) is 1.70. The molecule has 0 atom stereocenters. The van der Waals surface area contributed by atoms with Crippen LogP contribution in [-0.4, -0.2) is 5.78 Å². The van der Waals surface area contributed by atoms with Gasteiger partial charge in [0.25, 0.3) is 0 Å². The van der Waals surface area contributed by atoms with E-state index < -0.39 is 0 Å². The second kappa shape index (κ2) is 3.48. The molecule has 0 aliphatic carbocycles. The highest BCUT2D eigenvalue weighted by molar-refractivity contribution is 5.97. The third-order valence-corrected chi connectivity index (χ3v) is 1.82. The minimum absolute atomic E-state index is 0.00741. The summed E-state index contributed by atoms with van der Waals surface area (Å²) < 4.78 is 12.7. The number of halogens is 1. The Balaban J connectivity index is 3.13. The van der Waals surface area contributed by atoms with E-state index in [4.69, 9.17) is 0 Å². The zero-order valence-electron chi connectivity index (χ0n) is 7.23. The smallest absolute Gasteiger partial charge is 0.162 e. The number of hydrogen-bond acceptors (Lipinski definition) is 1. The fraction of sp³-hybridized carbons (Fsp3) is 0.300. The summed E-state index contributed by atoms with van der Waals surface area (Å²) in [6, 6.07) is 4.28. The lowest BCUT2D eigenvalue weighted by molar-refractivity contribution is 0.0987. The molecule has 1 rings (SSSR count). The maximum atomic E-state index is 12.7. The number of rotatable bonds is 2. The Bertz CT molecular complexity index is 305. The van der Waals surface area contributed by atoms with Gasteiger partial charge in [0.05, 0.1) is 0 Å². The Kier molecular flexibility index (Phi) is 2.58. The van der Waals surface area contributed by atoms with Gasteiger partial charge in [-0.25, -0.2) is 4.39 Å². The van der Waals surface area contributed by atoms with Gasteiger partial charge >= 0.3 is 0 Å². The van der Waals surface area contributed by atoms with Gasteiger partial charge in [-0.1, -0.05) is 13.0 Å². The fourth-order valence-corrected chi connectivity index (χ4v) is 1.09. The molecule has 0 heterocycles. The predicted molar refractivity (Wildman–Crippen MR) is 45.8 cm³/mol. The van der Waals surface area contributed by atoms with Crippen LogP contribution >= 0.6 is 0 Å². The first-order chi connectivity index (χ1) is 5.65. The van der Waals surface area contributed by atoms with E-state index in [1.54, 1.807) is 13.0 Å². The largest absolute Gasteiger partial charge is 0.294 e. The molecule has 0 aliphatic heterocycles. The molecule has 0 fully saturated rings. The summed E-state index contributed by atoms with van der Waals surface area (Å²) in [7, 11) is 0. The fourth-order valence-electron chi connectivity index (χ4n) is 1.09. The summed E-state index contributed by atoms with van der Waals surface area (Å²) in [4.78, 5) is 11.2. The molecule has 0 aromatic heterocycles. The quantitative estimate of drug-likeness (QED) is 0.617. The minimum Gasteiger partial charge on any atom is -0.294 e. The second-order valence-corrected chi connectivity index (χ2v) is 2.74. The van der Waals surface area contributed by atoms with Crippen molar-refractivity contribution in [2.45, 2.75) is 20.3 Å². The van der Waals surface area contributed by atoms with Crippen LogP contribution in [0.25, 0.3) is 0 Å². The van der Waals surface area contributed by atoms with Crippen molar-refractivity contribution in [3.8, 4) is 0 Å². The van der Waals surface area contributed by atoms with Crippen molar-refractivity contribution < 1.29 is 9.18 Å². The van der Waals surface area contributed by atoms with Crippen molar-refractivity contribution in [3.63, 3.8) is 0 Å². The summed E-state index contributed by atoms with van der Waals surface area (Å²) in [6.07, 6.45) is 0.421. The predicted octanol–water partition coefficient (Wildman–Crippen LogP) is 2.73. The lowest BCUT2D eigenvalue weighted by atomic mass is 10.0. The van der Waals surface area contributed by atoms with Gasteiger partial charge in [-0.05, 0) is 24.6 Å². The summed E-state index contributed by atoms with van der Waals surface area (Å²) in [5, 5.41) is 0. The van der Waals surface area contributed by atoms with Gasteiger partial charge in [-0.15, -0.1) is 0 Å². The number of benzene rings is 1. The molecular weight excluding hydrogens is 155 g/mol. The maximum absolute atomic E-state index is 12.7. The van der Waals surface area contributed by atoms with Crippen LogP contribution in [0.1, 0.15) is 29.3 Å². The molecule has 0 N–H and O–H groups in total. The number of hydrogen-bond donors (Lipinski definition) is 0. The standard InChI is InChI=1S/C10H11FO/c1-3-10(12)9-6-8(11)5-4-7(9)2/h4-6H,3H2,1-2H3. The molecule has 2 heteroatoms. The molecule has 0 amide bonds. The first-order valence-corrected chi connectivity index (χ1v) is 3.94. The molecule has 12 heavy (non-hydrogen) atoms. The first-order valence-electron chi connectivity index (χ1n) is 3.94. The number of carbonyl (C=O) groups excluding carboxylic acids is 1. The summed E-state index contributed by atoms with van der Waals surface area (Å²) in [5.74, 6) is -0.357.